The van der Waals surface area contributed by atoms with Crippen LogP contribution in [0.25, 0.3) is 0 Å². The Hall–Kier alpha value is -1.13. The fraction of sp³-hybridized carbons (Fsp3) is 0.667. The van der Waals surface area contributed by atoms with Crippen molar-refractivity contribution in [2.45, 2.75) is 32.2 Å². The van der Waals surface area contributed by atoms with Gasteiger partial charge in [-0.15, -0.1) is 0 Å². The van der Waals surface area contributed by atoms with Crippen LogP contribution in [0.1, 0.15) is 31.2 Å². The maximum atomic E-state index is 14.5. The quantitative estimate of drug-likeness (QED) is 0.926. The highest BCUT2D eigenvalue weighted by molar-refractivity contribution is 5.54. The molecule has 3 saturated heterocycles. The first-order chi connectivity index (χ1) is 10.8. The van der Waals surface area contributed by atoms with E-state index in [0.717, 1.165) is 57.1 Å². The number of nitrogens with zero attached hydrogens (tertiary/aromatic N) is 2. The minimum Gasteiger partial charge on any atom is -0.371 e. The molecule has 1 atom stereocenters. The summed E-state index contributed by atoms with van der Waals surface area (Å²) in [6.45, 7) is 7.42. The van der Waals surface area contributed by atoms with E-state index in [1.165, 1.54) is 25.7 Å². The zero-order valence-electron chi connectivity index (χ0n) is 13.3. The monoisotopic (exact) mass is 303 g/mol. The predicted octanol–water partition coefficient (Wildman–Crippen LogP) is 2.61. The Morgan fingerprint density at radius 3 is 2.77 bits per heavy atom. The molecular formula is C18H26FN3. The summed E-state index contributed by atoms with van der Waals surface area (Å²) in [4.78, 5) is 4.83. The van der Waals surface area contributed by atoms with Gasteiger partial charge in [-0.3, -0.25) is 4.90 Å². The van der Waals surface area contributed by atoms with Gasteiger partial charge >= 0.3 is 0 Å². The minimum atomic E-state index is -0.0325. The average Bonchev–Trinajstić information content (AvgIpc) is 3.26. The number of hydrogen-bond donors (Lipinski definition) is 1. The predicted molar refractivity (Wildman–Crippen MR) is 87.7 cm³/mol. The molecular weight excluding hydrogens is 277 g/mol. The molecule has 0 saturated carbocycles. The van der Waals surface area contributed by atoms with E-state index in [-0.39, 0.29) is 5.82 Å². The number of rotatable bonds is 3. The highest BCUT2D eigenvalue weighted by Gasteiger charge is 2.40. The summed E-state index contributed by atoms with van der Waals surface area (Å²) < 4.78 is 14.5. The molecule has 3 heterocycles. The van der Waals surface area contributed by atoms with E-state index in [0.29, 0.717) is 5.41 Å². The van der Waals surface area contributed by atoms with Gasteiger partial charge in [0.2, 0.25) is 0 Å². The first-order valence-corrected chi connectivity index (χ1v) is 8.71. The van der Waals surface area contributed by atoms with Crippen LogP contribution in [0.2, 0.25) is 0 Å². The maximum Gasteiger partial charge on any atom is 0.129 e. The molecule has 3 aliphatic heterocycles. The van der Waals surface area contributed by atoms with Crippen molar-refractivity contribution in [2.75, 3.05) is 44.2 Å². The summed E-state index contributed by atoms with van der Waals surface area (Å²) >= 11 is 0. The lowest BCUT2D eigenvalue weighted by Crippen LogP contribution is -2.30. The Kier molecular flexibility index (Phi) is 3.82. The lowest BCUT2D eigenvalue weighted by atomic mass is 9.86. The molecule has 0 radical (unpaired) electrons. The van der Waals surface area contributed by atoms with Crippen molar-refractivity contribution in [3.8, 4) is 0 Å². The Balaban J connectivity index is 1.52. The highest BCUT2D eigenvalue weighted by atomic mass is 19.1. The molecule has 4 rings (SSSR count). The third kappa shape index (κ3) is 2.63. The number of halogens is 1. The number of anilines is 1. The molecule has 1 aromatic carbocycles. The molecule has 0 amide bonds. The van der Waals surface area contributed by atoms with Gasteiger partial charge in [-0.25, -0.2) is 4.39 Å². The lowest BCUT2D eigenvalue weighted by molar-refractivity contribution is 0.266. The molecule has 3 aliphatic rings. The Bertz CT molecular complexity index is 533. The van der Waals surface area contributed by atoms with Crippen molar-refractivity contribution in [2.24, 2.45) is 5.41 Å². The molecule has 0 aliphatic carbocycles. The third-order valence-corrected chi connectivity index (χ3v) is 5.77. The van der Waals surface area contributed by atoms with Crippen LogP contribution >= 0.6 is 0 Å². The SMILES string of the molecule is Fc1cccc(N2CCCC2)c1CN1CCC2(CCNC2)C1. The van der Waals surface area contributed by atoms with Gasteiger partial charge < -0.3 is 10.2 Å². The fourth-order valence-corrected chi connectivity index (χ4v) is 4.49. The molecule has 1 N–H and O–H groups in total. The van der Waals surface area contributed by atoms with E-state index in [1.807, 2.05) is 6.07 Å². The third-order valence-electron chi connectivity index (χ3n) is 5.77. The minimum absolute atomic E-state index is 0.0325. The van der Waals surface area contributed by atoms with Crippen LogP contribution in [-0.2, 0) is 6.54 Å². The van der Waals surface area contributed by atoms with Gasteiger partial charge in [0, 0.05) is 44.0 Å². The zero-order valence-corrected chi connectivity index (χ0v) is 13.3. The van der Waals surface area contributed by atoms with Gasteiger partial charge in [-0.1, -0.05) is 6.07 Å². The molecule has 4 heteroatoms. The number of hydrogen-bond acceptors (Lipinski definition) is 3. The summed E-state index contributed by atoms with van der Waals surface area (Å²) in [7, 11) is 0. The van der Waals surface area contributed by atoms with E-state index in [9.17, 15) is 4.39 Å². The molecule has 1 aromatic rings. The summed E-state index contributed by atoms with van der Waals surface area (Å²) in [5, 5.41) is 3.50. The number of benzene rings is 1. The van der Waals surface area contributed by atoms with Crippen LogP contribution < -0.4 is 10.2 Å². The molecule has 120 valence electrons. The van der Waals surface area contributed by atoms with E-state index < -0.39 is 0 Å². The Morgan fingerprint density at radius 2 is 2.00 bits per heavy atom. The van der Waals surface area contributed by atoms with Crippen LogP contribution in [0.3, 0.4) is 0 Å². The fourth-order valence-electron chi connectivity index (χ4n) is 4.49. The second-order valence-corrected chi connectivity index (χ2v) is 7.32. The molecule has 1 unspecified atom stereocenters. The van der Waals surface area contributed by atoms with Crippen molar-refractivity contribution in [3.05, 3.63) is 29.6 Å². The van der Waals surface area contributed by atoms with Gasteiger partial charge in [0.15, 0.2) is 0 Å². The molecule has 22 heavy (non-hydrogen) atoms. The van der Waals surface area contributed by atoms with Gasteiger partial charge in [0.1, 0.15) is 5.82 Å². The maximum absolute atomic E-state index is 14.5. The van der Waals surface area contributed by atoms with Gasteiger partial charge in [-0.05, 0) is 56.3 Å². The summed E-state index contributed by atoms with van der Waals surface area (Å²) in [5.41, 5.74) is 2.49. The first-order valence-electron chi connectivity index (χ1n) is 8.71. The standard InChI is InChI=1S/C18H26FN3/c19-16-4-3-5-17(22-9-1-2-10-22)15(16)12-21-11-7-18(14-21)6-8-20-13-18/h3-5,20H,1-2,6-14H2. The van der Waals surface area contributed by atoms with Gasteiger partial charge in [-0.2, -0.15) is 0 Å². The van der Waals surface area contributed by atoms with E-state index in [4.69, 9.17) is 0 Å². The second kappa shape index (κ2) is 5.82. The average molecular weight is 303 g/mol. The van der Waals surface area contributed by atoms with E-state index in [1.54, 1.807) is 6.07 Å². The van der Waals surface area contributed by atoms with Crippen molar-refractivity contribution in [1.82, 2.24) is 10.2 Å². The molecule has 3 nitrogen and oxygen atoms in total. The largest absolute Gasteiger partial charge is 0.371 e. The van der Waals surface area contributed by atoms with Gasteiger partial charge in [0.05, 0.1) is 0 Å². The van der Waals surface area contributed by atoms with Crippen molar-refractivity contribution in [1.29, 1.82) is 0 Å². The van der Waals surface area contributed by atoms with Crippen LogP contribution in [0.4, 0.5) is 10.1 Å². The number of nitrogens with one attached hydrogen (secondary N) is 1. The number of likely N-dealkylation sites (tertiary alicyclic amines) is 1. The molecule has 0 aromatic heterocycles. The second-order valence-electron chi connectivity index (χ2n) is 7.32. The Labute approximate surface area is 132 Å². The summed E-state index contributed by atoms with van der Waals surface area (Å²) in [6.07, 6.45) is 5.00. The van der Waals surface area contributed by atoms with Crippen molar-refractivity contribution < 1.29 is 4.39 Å². The van der Waals surface area contributed by atoms with Crippen LogP contribution in [-0.4, -0.2) is 44.2 Å². The molecule has 1 spiro atoms. The van der Waals surface area contributed by atoms with Gasteiger partial charge in [0.25, 0.3) is 0 Å². The van der Waals surface area contributed by atoms with Crippen LogP contribution in [0.5, 0.6) is 0 Å². The van der Waals surface area contributed by atoms with Crippen LogP contribution in [0.15, 0.2) is 18.2 Å². The van der Waals surface area contributed by atoms with E-state index in [2.05, 4.69) is 21.2 Å². The van der Waals surface area contributed by atoms with Crippen molar-refractivity contribution in [3.63, 3.8) is 0 Å². The highest BCUT2D eigenvalue weighted by Crippen LogP contribution is 2.37. The summed E-state index contributed by atoms with van der Waals surface area (Å²) in [6, 6.07) is 5.59. The smallest absolute Gasteiger partial charge is 0.129 e. The lowest BCUT2D eigenvalue weighted by Gasteiger charge is -2.26. The Morgan fingerprint density at radius 1 is 1.14 bits per heavy atom. The molecule has 3 fully saturated rings. The van der Waals surface area contributed by atoms with Crippen LogP contribution in [0, 0.1) is 11.2 Å². The normalized spacial score (nSPS) is 29.0. The molecule has 0 bridgehead atoms. The van der Waals surface area contributed by atoms with Crippen molar-refractivity contribution >= 4 is 5.69 Å². The zero-order chi connectivity index (χ0) is 15.0. The van der Waals surface area contributed by atoms with E-state index >= 15 is 0 Å². The topological polar surface area (TPSA) is 18.5 Å². The summed E-state index contributed by atoms with van der Waals surface area (Å²) in [5.74, 6) is -0.0325. The first kappa shape index (κ1) is 14.5.